The average Bonchev–Trinajstić information content (AvgIpc) is 2.80. The van der Waals surface area contributed by atoms with Gasteiger partial charge in [0.1, 0.15) is 13.6 Å². The maximum absolute atomic E-state index is 13.3. The minimum atomic E-state index is -5.21. The molecule has 0 aromatic heterocycles. The number of amides is 3. The van der Waals surface area contributed by atoms with Gasteiger partial charge in [-0.3, -0.25) is 19.2 Å². The normalized spacial score (nSPS) is 13.4. The summed E-state index contributed by atoms with van der Waals surface area (Å²) in [6.07, 6.45) is 3.26. The third kappa shape index (κ3) is 14.7. The van der Waals surface area contributed by atoms with Gasteiger partial charge in [-0.1, -0.05) is 52.2 Å². The van der Waals surface area contributed by atoms with Gasteiger partial charge in [0, 0.05) is 18.8 Å². The number of ketones is 1. The molecule has 0 saturated heterocycles. The Labute approximate surface area is 240 Å². The molecule has 0 aliphatic heterocycles. The summed E-state index contributed by atoms with van der Waals surface area (Å²) in [5, 5.41) is 5.21. The van der Waals surface area contributed by atoms with Gasteiger partial charge >= 0.3 is 29.6 Å². The van der Waals surface area contributed by atoms with Crippen LogP contribution in [0.3, 0.4) is 0 Å². The van der Waals surface area contributed by atoms with E-state index in [-0.39, 0.29) is 78.7 Å². The molecule has 37 heavy (non-hydrogen) atoms. The molecule has 1 aromatic rings. The largest absolute Gasteiger partial charge is 1.00 e. The first-order valence-corrected chi connectivity index (χ1v) is 13.5. The Hall–Kier alpha value is -1.75. The zero-order valence-corrected chi connectivity index (χ0v) is 24.9. The first-order valence-electron chi connectivity index (χ1n) is 12.0. The standard InChI is InChI=1S/C24H38N3O8P.Na/c1-4-6-7-8-23(30)27-20(13-17-9-11-18(12-10-17)35-36(32,33)34)21(28)14-19(16(3)5-2)24(31)26-15-22(25)29;/h9-12,16,19-20H,4-8,13-15H2,1-3H3,(H2,25,29)(H,26,31)(H,27,30)(H2,32,33,34);/q;+1/p-2. The Balaban J connectivity index is 0.0000130. The molecule has 1 aromatic carbocycles. The van der Waals surface area contributed by atoms with Crippen LogP contribution in [0.1, 0.15) is 64.9 Å². The minimum absolute atomic E-state index is 0. The maximum atomic E-state index is 13.3. The van der Waals surface area contributed by atoms with Gasteiger partial charge in [0.15, 0.2) is 5.78 Å². The van der Waals surface area contributed by atoms with Gasteiger partial charge in [-0.25, -0.2) is 0 Å². The Morgan fingerprint density at radius 1 is 1.08 bits per heavy atom. The van der Waals surface area contributed by atoms with Crippen LogP contribution in [0.25, 0.3) is 0 Å². The van der Waals surface area contributed by atoms with Crippen molar-refractivity contribution in [1.29, 1.82) is 0 Å². The van der Waals surface area contributed by atoms with Crippen molar-refractivity contribution >= 4 is 31.3 Å². The molecule has 0 aliphatic rings. The number of nitrogens with two attached hydrogens (primary N) is 1. The topological polar surface area (TPSA) is 191 Å². The van der Waals surface area contributed by atoms with Crippen LogP contribution in [0, 0.1) is 11.8 Å². The Bertz CT molecular complexity index is 938. The fourth-order valence-electron chi connectivity index (χ4n) is 3.60. The number of rotatable bonds is 17. The molecule has 1 rings (SSSR count). The average molecular weight is 549 g/mol. The number of Topliss-reactive ketones (excluding diaryl/α,β-unsaturated/α-hetero) is 1. The van der Waals surface area contributed by atoms with Crippen molar-refractivity contribution < 1.29 is 67.6 Å². The fraction of sp³-hybridized carbons (Fsp3) is 0.583. The van der Waals surface area contributed by atoms with Gasteiger partial charge in [0.05, 0.1) is 12.6 Å². The van der Waals surface area contributed by atoms with Crippen molar-refractivity contribution in [3.63, 3.8) is 0 Å². The predicted octanol–water partition coefficient (Wildman–Crippen LogP) is -2.27. The van der Waals surface area contributed by atoms with E-state index >= 15 is 0 Å². The molecule has 0 fully saturated rings. The number of phosphoric ester groups is 1. The molecule has 0 heterocycles. The maximum Gasteiger partial charge on any atom is 1.00 e. The van der Waals surface area contributed by atoms with Crippen LogP contribution >= 0.6 is 7.82 Å². The van der Waals surface area contributed by atoms with Crippen molar-refractivity contribution in [2.75, 3.05) is 6.54 Å². The van der Waals surface area contributed by atoms with E-state index in [0.29, 0.717) is 18.4 Å². The van der Waals surface area contributed by atoms with Crippen LogP contribution in [0.15, 0.2) is 24.3 Å². The monoisotopic (exact) mass is 548 g/mol. The zero-order chi connectivity index (χ0) is 27.3. The zero-order valence-electron chi connectivity index (χ0n) is 22.0. The van der Waals surface area contributed by atoms with Gasteiger partial charge in [-0.15, -0.1) is 0 Å². The molecule has 0 aliphatic carbocycles. The second-order valence-electron chi connectivity index (χ2n) is 8.81. The molecule has 3 atom stereocenters. The summed E-state index contributed by atoms with van der Waals surface area (Å²) in [6.45, 7) is 5.37. The molecule has 4 N–H and O–H groups in total. The summed E-state index contributed by atoms with van der Waals surface area (Å²) < 4.78 is 15.1. The Kier molecular flexibility index (Phi) is 16.9. The Morgan fingerprint density at radius 2 is 1.70 bits per heavy atom. The van der Waals surface area contributed by atoms with Gasteiger partial charge in [-0.05, 0) is 36.5 Å². The third-order valence-corrected chi connectivity index (χ3v) is 6.27. The van der Waals surface area contributed by atoms with Gasteiger partial charge in [0.2, 0.25) is 17.7 Å². The van der Waals surface area contributed by atoms with Crippen molar-refractivity contribution in [2.24, 2.45) is 17.6 Å². The third-order valence-electron chi connectivity index (χ3n) is 5.84. The SMILES string of the molecule is CCCCCC(=O)NC(Cc1ccc(OP(=O)([O-])[O-])cc1)C(=O)CC(C(=O)NCC(N)=O)C(C)CC.[Na+]. The van der Waals surface area contributed by atoms with Gasteiger partial charge in [0.25, 0.3) is 0 Å². The van der Waals surface area contributed by atoms with Crippen LogP contribution in [-0.4, -0.2) is 36.1 Å². The van der Waals surface area contributed by atoms with Crippen LogP contribution in [0.2, 0.25) is 0 Å². The number of phosphoric acid groups is 1. The molecule has 3 amide bonds. The summed E-state index contributed by atoms with van der Waals surface area (Å²) in [4.78, 5) is 71.2. The molecule has 3 unspecified atom stereocenters. The number of carbonyl (C=O) groups is 4. The predicted molar refractivity (Wildman–Crippen MR) is 129 cm³/mol. The van der Waals surface area contributed by atoms with E-state index in [1.807, 2.05) is 20.8 Å². The number of carbonyl (C=O) groups excluding carboxylic acids is 4. The van der Waals surface area contributed by atoms with E-state index < -0.39 is 31.6 Å². The smallest absolute Gasteiger partial charge is 0.780 e. The first kappa shape index (κ1) is 35.2. The van der Waals surface area contributed by atoms with E-state index in [0.717, 1.165) is 12.8 Å². The summed E-state index contributed by atoms with van der Waals surface area (Å²) in [6, 6.07) is 4.59. The molecule has 0 bridgehead atoms. The van der Waals surface area contributed by atoms with E-state index in [4.69, 9.17) is 5.73 Å². The molecule has 0 saturated carbocycles. The number of primary amides is 1. The molecule has 202 valence electrons. The van der Waals surface area contributed by atoms with Crippen LogP contribution in [0.5, 0.6) is 5.75 Å². The minimum Gasteiger partial charge on any atom is -0.780 e. The van der Waals surface area contributed by atoms with Crippen molar-refractivity contribution in [2.45, 2.75) is 71.8 Å². The first-order chi connectivity index (χ1) is 16.9. The number of benzene rings is 1. The van der Waals surface area contributed by atoms with Crippen LogP contribution < -0.4 is 60.2 Å². The van der Waals surface area contributed by atoms with Crippen molar-refractivity contribution in [3.05, 3.63) is 29.8 Å². The molecule has 0 radical (unpaired) electrons. The molecular weight excluding hydrogens is 512 g/mol. The second-order valence-corrected chi connectivity index (χ2v) is 9.89. The molecule has 11 nitrogen and oxygen atoms in total. The van der Waals surface area contributed by atoms with Gasteiger partial charge < -0.3 is 35.2 Å². The second kappa shape index (κ2) is 17.7. The van der Waals surface area contributed by atoms with Crippen LogP contribution in [-0.2, 0) is 30.2 Å². The van der Waals surface area contributed by atoms with Crippen molar-refractivity contribution in [3.8, 4) is 5.75 Å². The van der Waals surface area contributed by atoms with Gasteiger partial charge in [-0.2, -0.15) is 0 Å². The molecule has 13 heteroatoms. The molecular formula is C24H36N3NaO8P-. The van der Waals surface area contributed by atoms with E-state index in [9.17, 15) is 33.5 Å². The van der Waals surface area contributed by atoms with Crippen molar-refractivity contribution in [1.82, 2.24) is 10.6 Å². The number of hydrogen-bond acceptors (Lipinski definition) is 8. The Morgan fingerprint density at radius 3 is 2.22 bits per heavy atom. The summed E-state index contributed by atoms with van der Waals surface area (Å²) in [5.74, 6) is -2.88. The quantitative estimate of drug-likeness (QED) is 0.110. The van der Waals surface area contributed by atoms with E-state index in [1.54, 1.807) is 0 Å². The number of unbranched alkanes of at least 4 members (excludes halogenated alkanes) is 2. The fourth-order valence-corrected chi connectivity index (χ4v) is 3.98. The summed E-state index contributed by atoms with van der Waals surface area (Å²) in [5.41, 5.74) is 5.69. The van der Waals surface area contributed by atoms with E-state index in [2.05, 4.69) is 15.2 Å². The summed E-state index contributed by atoms with van der Waals surface area (Å²) in [7, 11) is -5.21. The van der Waals surface area contributed by atoms with E-state index in [1.165, 1.54) is 24.3 Å². The molecule has 0 spiro atoms. The number of hydrogen-bond donors (Lipinski definition) is 3. The van der Waals surface area contributed by atoms with Crippen LogP contribution in [0.4, 0.5) is 0 Å². The number of nitrogens with one attached hydrogen (secondary N) is 2. The summed E-state index contributed by atoms with van der Waals surface area (Å²) >= 11 is 0.